The topological polar surface area (TPSA) is 51.5 Å². The number of carbonyl (C=O) groups is 1. The van der Waals surface area contributed by atoms with E-state index in [1.54, 1.807) is 10.6 Å². The van der Waals surface area contributed by atoms with Crippen LogP contribution < -0.4 is 5.56 Å². The van der Waals surface area contributed by atoms with E-state index in [1.165, 1.54) is 11.3 Å². The number of amides is 1. The van der Waals surface area contributed by atoms with Gasteiger partial charge in [0.2, 0.25) is 0 Å². The molecule has 1 saturated heterocycles. The van der Waals surface area contributed by atoms with Gasteiger partial charge in [0.15, 0.2) is 0 Å². The minimum absolute atomic E-state index is 0.0633. The summed E-state index contributed by atoms with van der Waals surface area (Å²) in [6.07, 6.45) is 0.731. The van der Waals surface area contributed by atoms with E-state index < -0.39 is 0 Å². The van der Waals surface area contributed by atoms with Gasteiger partial charge in [-0.1, -0.05) is 41.9 Å². The largest absolute Gasteiger partial charge is 0.378 e. The molecule has 2 aromatic heterocycles. The molecule has 148 valence electrons. The maximum absolute atomic E-state index is 13.5. The molecular formula is C22H19ClN2O3S. The number of carbonyl (C=O) groups excluding carboxylic acids is 1. The Morgan fingerprint density at radius 1 is 1.07 bits per heavy atom. The summed E-state index contributed by atoms with van der Waals surface area (Å²) < 4.78 is 7.83. The van der Waals surface area contributed by atoms with Crippen molar-refractivity contribution in [2.75, 3.05) is 26.3 Å². The number of hydrogen-bond donors (Lipinski definition) is 0. The van der Waals surface area contributed by atoms with Gasteiger partial charge in [-0.25, -0.2) is 0 Å². The Morgan fingerprint density at radius 2 is 1.83 bits per heavy atom. The lowest BCUT2D eigenvalue weighted by Crippen LogP contribution is -2.42. The Bertz CT molecular complexity index is 1150. The van der Waals surface area contributed by atoms with Crippen LogP contribution in [0.5, 0.6) is 0 Å². The monoisotopic (exact) mass is 426 g/mol. The Hall–Kier alpha value is -2.41. The number of rotatable bonds is 2. The molecule has 2 aliphatic heterocycles. The molecule has 1 fully saturated rings. The van der Waals surface area contributed by atoms with Gasteiger partial charge in [-0.15, -0.1) is 11.3 Å². The third kappa shape index (κ3) is 3.21. The van der Waals surface area contributed by atoms with Crippen LogP contribution in [0.3, 0.4) is 0 Å². The van der Waals surface area contributed by atoms with Crippen LogP contribution in [0.2, 0.25) is 4.34 Å². The molecule has 0 aliphatic carbocycles. The van der Waals surface area contributed by atoms with Gasteiger partial charge in [-0.3, -0.25) is 9.59 Å². The lowest BCUT2D eigenvalue weighted by atomic mass is 9.97. The van der Waals surface area contributed by atoms with Crippen LogP contribution in [-0.4, -0.2) is 41.7 Å². The first-order valence-corrected chi connectivity index (χ1v) is 10.8. The van der Waals surface area contributed by atoms with Gasteiger partial charge in [0.1, 0.15) is 0 Å². The van der Waals surface area contributed by atoms with Crippen LogP contribution in [0.4, 0.5) is 0 Å². The minimum atomic E-state index is -0.0695. The van der Waals surface area contributed by atoms with Gasteiger partial charge in [0.05, 0.1) is 33.7 Å². The summed E-state index contributed by atoms with van der Waals surface area (Å²) in [4.78, 5) is 29.6. The zero-order valence-corrected chi connectivity index (χ0v) is 17.3. The molecular weight excluding hydrogens is 408 g/mol. The highest BCUT2D eigenvalue weighted by atomic mass is 35.5. The summed E-state index contributed by atoms with van der Waals surface area (Å²) in [5, 5.41) is 0. The van der Waals surface area contributed by atoms with Crippen molar-refractivity contribution in [3.05, 3.63) is 68.3 Å². The number of morpholine rings is 1. The van der Waals surface area contributed by atoms with Gasteiger partial charge in [0, 0.05) is 25.2 Å². The van der Waals surface area contributed by atoms with Crippen molar-refractivity contribution in [3.8, 4) is 21.7 Å². The third-order valence-corrected chi connectivity index (χ3v) is 6.81. The fourth-order valence-electron chi connectivity index (χ4n) is 4.06. The molecule has 0 spiro atoms. The van der Waals surface area contributed by atoms with E-state index in [0.717, 1.165) is 22.4 Å². The molecule has 0 radical (unpaired) electrons. The first kappa shape index (κ1) is 18.6. The normalized spacial score (nSPS) is 15.7. The quantitative estimate of drug-likeness (QED) is 0.624. The van der Waals surface area contributed by atoms with E-state index >= 15 is 0 Å². The van der Waals surface area contributed by atoms with Crippen molar-refractivity contribution in [3.63, 3.8) is 0 Å². The molecule has 1 aromatic carbocycles. The second-order valence-corrected chi connectivity index (χ2v) is 8.89. The number of thiophene rings is 1. The van der Waals surface area contributed by atoms with Gasteiger partial charge < -0.3 is 14.2 Å². The standard InChI is InChI=1S/C22H19ClN2O3S/c23-18-12-15-6-7-25-19(20(15)29-18)17(21(26)24-8-10-28-11-9-24)13-16(22(25)27)14-4-2-1-3-5-14/h1-5,12-13H,6-11H2. The van der Waals surface area contributed by atoms with Gasteiger partial charge in [0.25, 0.3) is 11.5 Å². The van der Waals surface area contributed by atoms with Crippen LogP contribution in [0.1, 0.15) is 15.9 Å². The van der Waals surface area contributed by atoms with E-state index in [2.05, 4.69) is 0 Å². The summed E-state index contributed by atoms with van der Waals surface area (Å²) in [6.45, 7) is 2.70. The minimum Gasteiger partial charge on any atom is -0.378 e. The number of fused-ring (bicyclic) bond motifs is 3. The molecule has 0 N–H and O–H groups in total. The molecule has 5 rings (SSSR count). The van der Waals surface area contributed by atoms with E-state index in [4.69, 9.17) is 16.3 Å². The summed E-state index contributed by atoms with van der Waals surface area (Å²) in [5.41, 5.74) is 3.66. The second kappa shape index (κ2) is 7.44. The Balaban J connectivity index is 1.75. The Morgan fingerprint density at radius 3 is 2.59 bits per heavy atom. The van der Waals surface area contributed by atoms with Crippen molar-refractivity contribution in [2.45, 2.75) is 13.0 Å². The van der Waals surface area contributed by atoms with Crippen molar-refractivity contribution >= 4 is 28.8 Å². The summed E-state index contributed by atoms with van der Waals surface area (Å²) in [6, 6.07) is 13.2. The number of aryl methyl sites for hydroxylation is 1. The molecule has 0 unspecified atom stereocenters. The van der Waals surface area contributed by atoms with E-state index in [9.17, 15) is 9.59 Å². The third-order valence-electron chi connectivity index (χ3n) is 5.50. The number of aromatic nitrogens is 1. The highest BCUT2D eigenvalue weighted by molar-refractivity contribution is 7.19. The molecule has 7 heteroatoms. The molecule has 0 atom stereocenters. The summed E-state index contributed by atoms with van der Waals surface area (Å²) in [5.74, 6) is -0.0633. The molecule has 0 bridgehead atoms. The lowest BCUT2D eigenvalue weighted by Gasteiger charge is -2.29. The number of pyridine rings is 1. The summed E-state index contributed by atoms with van der Waals surface area (Å²) in [7, 11) is 0. The highest BCUT2D eigenvalue weighted by Gasteiger charge is 2.30. The predicted octanol–water partition coefficient (Wildman–Crippen LogP) is 3.93. The second-order valence-electron chi connectivity index (χ2n) is 7.20. The van der Waals surface area contributed by atoms with Crippen LogP contribution in [0.15, 0.2) is 47.3 Å². The molecule has 29 heavy (non-hydrogen) atoms. The first-order valence-electron chi connectivity index (χ1n) is 9.62. The van der Waals surface area contributed by atoms with Crippen LogP contribution in [0, 0.1) is 0 Å². The number of hydrogen-bond acceptors (Lipinski definition) is 4. The van der Waals surface area contributed by atoms with E-state index in [-0.39, 0.29) is 11.5 Å². The highest BCUT2D eigenvalue weighted by Crippen LogP contribution is 2.41. The van der Waals surface area contributed by atoms with Gasteiger partial charge in [-0.2, -0.15) is 0 Å². The average molecular weight is 427 g/mol. The average Bonchev–Trinajstić information content (AvgIpc) is 3.15. The molecule has 1 amide bonds. The maximum atomic E-state index is 13.5. The van der Waals surface area contributed by atoms with Crippen molar-refractivity contribution in [1.29, 1.82) is 0 Å². The molecule has 3 aromatic rings. The maximum Gasteiger partial charge on any atom is 0.258 e. The predicted molar refractivity (Wildman–Crippen MR) is 115 cm³/mol. The van der Waals surface area contributed by atoms with Gasteiger partial charge in [-0.05, 0) is 29.7 Å². The number of benzene rings is 1. The smallest absolute Gasteiger partial charge is 0.258 e. The van der Waals surface area contributed by atoms with Crippen LogP contribution in [0.25, 0.3) is 21.7 Å². The summed E-state index contributed by atoms with van der Waals surface area (Å²) >= 11 is 7.72. The number of ether oxygens (including phenoxy) is 1. The SMILES string of the molecule is O=C(c1cc(-c2ccccc2)c(=O)n2c1-c1sc(Cl)cc1CC2)N1CCOCC1. The fraction of sp³-hybridized carbons (Fsp3) is 0.273. The number of nitrogens with zero attached hydrogens (tertiary/aromatic N) is 2. The first-order chi connectivity index (χ1) is 14.1. The Kier molecular flexibility index (Phi) is 4.78. The van der Waals surface area contributed by atoms with Crippen molar-refractivity contribution in [2.24, 2.45) is 0 Å². The van der Waals surface area contributed by atoms with E-state index in [1.807, 2.05) is 41.3 Å². The zero-order chi connectivity index (χ0) is 20.0. The Labute approximate surface area is 177 Å². The van der Waals surface area contributed by atoms with Crippen molar-refractivity contribution in [1.82, 2.24) is 9.47 Å². The number of halogens is 1. The fourth-order valence-corrected chi connectivity index (χ4v) is 5.43. The van der Waals surface area contributed by atoms with Crippen LogP contribution in [-0.2, 0) is 17.7 Å². The lowest BCUT2D eigenvalue weighted by molar-refractivity contribution is 0.0303. The molecule has 4 heterocycles. The van der Waals surface area contributed by atoms with E-state index in [0.29, 0.717) is 54.0 Å². The molecule has 2 aliphatic rings. The van der Waals surface area contributed by atoms with Crippen LogP contribution >= 0.6 is 22.9 Å². The zero-order valence-electron chi connectivity index (χ0n) is 15.7. The van der Waals surface area contributed by atoms with Crippen molar-refractivity contribution < 1.29 is 9.53 Å². The van der Waals surface area contributed by atoms with Gasteiger partial charge >= 0.3 is 0 Å². The molecule has 5 nitrogen and oxygen atoms in total. The molecule has 0 saturated carbocycles.